The molecule has 23 heavy (non-hydrogen) atoms. The Labute approximate surface area is 134 Å². The predicted octanol–water partition coefficient (Wildman–Crippen LogP) is 1.98. The number of hydrogen-bond acceptors (Lipinski definition) is 5. The second kappa shape index (κ2) is 5.58. The Kier molecular flexibility index (Phi) is 3.73. The van der Waals surface area contributed by atoms with Crippen molar-refractivity contribution in [1.82, 2.24) is 0 Å². The molecule has 1 heterocycles. The molecular formula is C16H15NO5S. The van der Waals surface area contributed by atoms with Crippen molar-refractivity contribution in [2.24, 2.45) is 0 Å². The minimum atomic E-state index is -3.94. The predicted molar refractivity (Wildman–Crippen MR) is 84.4 cm³/mol. The van der Waals surface area contributed by atoms with Crippen molar-refractivity contribution in [3.8, 4) is 11.5 Å². The summed E-state index contributed by atoms with van der Waals surface area (Å²) in [7, 11) is -1.01. The zero-order chi connectivity index (χ0) is 16.6. The van der Waals surface area contributed by atoms with E-state index in [2.05, 4.69) is 0 Å². The lowest BCUT2D eigenvalue weighted by Crippen LogP contribution is -2.42. The number of amides is 1. The number of benzene rings is 2. The molecule has 0 fully saturated rings. The first-order valence-electron chi connectivity index (χ1n) is 6.87. The van der Waals surface area contributed by atoms with Crippen LogP contribution in [0.5, 0.6) is 11.5 Å². The fourth-order valence-electron chi connectivity index (χ4n) is 2.60. The van der Waals surface area contributed by atoms with E-state index >= 15 is 0 Å². The number of fused-ring (bicyclic) bond motifs is 1. The zero-order valence-electron chi connectivity index (χ0n) is 12.6. The Morgan fingerprint density at radius 1 is 1.00 bits per heavy atom. The maximum atomic E-state index is 12.8. The molecule has 3 rings (SSSR count). The molecule has 0 radical (unpaired) electrons. The van der Waals surface area contributed by atoms with Gasteiger partial charge in [0.2, 0.25) is 5.91 Å². The Morgan fingerprint density at radius 2 is 1.70 bits per heavy atom. The van der Waals surface area contributed by atoms with E-state index in [1.807, 2.05) is 0 Å². The molecule has 2 aromatic carbocycles. The van der Waals surface area contributed by atoms with E-state index in [4.69, 9.17) is 9.47 Å². The highest BCUT2D eigenvalue weighted by atomic mass is 32.2. The highest BCUT2D eigenvalue weighted by Gasteiger charge is 2.37. The van der Waals surface area contributed by atoms with Crippen molar-refractivity contribution in [3.05, 3.63) is 48.0 Å². The average molecular weight is 333 g/mol. The number of ether oxygens (including phenoxy) is 2. The lowest BCUT2D eigenvalue weighted by molar-refractivity contribution is -0.117. The zero-order valence-corrected chi connectivity index (χ0v) is 13.5. The maximum absolute atomic E-state index is 12.8. The van der Waals surface area contributed by atoms with Gasteiger partial charge in [-0.3, -0.25) is 4.79 Å². The van der Waals surface area contributed by atoms with E-state index in [1.54, 1.807) is 24.3 Å². The molecule has 0 N–H and O–H groups in total. The molecule has 1 aliphatic heterocycles. The maximum Gasteiger partial charge on any atom is 0.271 e. The summed E-state index contributed by atoms with van der Waals surface area (Å²) in [5.41, 5.74) is 0.733. The normalized spacial score (nSPS) is 15.9. The monoisotopic (exact) mass is 333 g/mol. The third-order valence-electron chi connectivity index (χ3n) is 3.66. The van der Waals surface area contributed by atoms with E-state index in [0.717, 1.165) is 4.31 Å². The number of sulfonamides is 1. The smallest absolute Gasteiger partial charge is 0.271 e. The van der Waals surface area contributed by atoms with Gasteiger partial charge in [0.25, 0.3) is 10.0 Å². The SMILES string of the molecule is COc1ccc(N2C(=O)Cc3ccccc3S2(=O)=O)cc1OC. The molecule has 0 atom stereocenters. The first-order valence-corrected chi connectivity index (χ1v) is 8.31. The van der Waals surface area contributed by atoms with Crippen molar-refractivity contribution in [3.63, 3.8) is 0 Å². The van der Waals surface area contributed by atoms with Crippen LogP contribution in [-0.2, 0) is 21.2 Å². The lowest BCUT2D eigenvalue weighted by atomic mass is 10.1. The van der Waals surface area contributed by atoms with Crippen LogP contribution in [0.3, 0.4) is 0 Å². The van der Waals surface area contributed by atoms with Crippen molar-refractivity contribution < 1.29 is 22.7 Å². The van der Waals surface area contributed by atoms with Gasteiger partial charge in [0.05, 0.1) is 31.2 Å². The van der Waals surface area contributed by atoms with Gasteiger partial charge in [-0.25, -0.2) is 12.7 Å². The van der Waals surface area contributed by atoms with Crippen molar-refractivity contribution in [1.29, 1.82) is 0 Å². The van der Waals surface area contributed by atoms with Gasteiger partial charge in [-0.2, -0.15) is 0 Å². The van der Waals surface area contributed by atoms with Crippen LogP contribution >= 0.6 is 0 Å². The van der Waals surface area contributed by atoms with Gasteiger partial charge in [0, 0.05) is 6.07 Å². The van der Waals surface area contributed by atoms with Crippen LogP contribution in [0.25, 0.3) is 0 Å². The van der Waals surface area contributed by atoms with Crippen molar-refractivity contribution in [2.45, 2.75) is 11.3 Å². The number of methoxy groups -OCH3 is 2. The molecule has 0 saturated heterocycles. The highest BCUT2D eigenvalue weighted by molar-refractivity contribution is 7.93. The van der Waals surface area contributed by atoms with E-state index in [9.17, 15) is 13.2 Å². The van der Waals surface area contributed by atoms with Crippen molar-refractivity contribution >= 4 is 21.6 Å². The van der Waals surface area contributed by atoms with Crippen LogP contribution in [-0.4, -0.2) is 28.5 Å². The first kappa shape index (κ1) is 15.4. The summed E-state index contributed by atoms with van der Waals surface area (Å²) in [6.45, 7) is 0. The van der Waals surface area contributed by atoms with E-state index in [-0.39, 0.29) is 17.0 Å². The average Bonchev–Trinajstić information content (AvgIpc) is 2.54. The first-order chi connectivity index (χ1) is 11.0. The van der Waals surface area contributed by atoms with Gasteiger partial charge in [0.1, 0.15) is 0 Å². The Hall–Kier alpha value is -2.54. The molecule has 0 aliphatic carbocycles. The van der Waals surface area contributed by atoms with Gasteiger partial charge in [0.15, 0.2) is 11.5 Å². The number of carbonyl (C=O) groups excluding carboxylic acids is 1. The second-order valence-corrected chi connectivity index (χ2v) is 6.74. The standard InChI is InChI=1S/C16H15NO5S/c1-21-13-8-7-12(10-14(13)22-2)17-16(18)9-11-5-3-4-6-15(11)23(17,19)20/h3-8,10H,9H2,1-2H3. The molecule has 0 saturated carbocycles. The fourth-order valence-corrected chi connectivity index (χ4v) is 4.25. The summed E-state index contributed by atoms with van der Waals surface area (Å²) in [5, 5.41) is 0. The largest absolute Gasteiger partial charge is 0.493 e. The molecule has 0 bridgehead atoms. The third-order valence-corrected chi connectivity index (χ3v) is 5.51. The van der Waals surface area contributed by atoms with Gasteiger partial charge >= 0.3 is 0 Å². The minimum Gasteiger partial charge on any atom is -0.493 e. The van der Waals surface area contributed by atoms with Crippen LogP contribution in [0.1, 0.15) is 5.56 Å². The van der Waals surface area contributed by atoms with Gasteiger partial charge < -0.3 is 9.47 Å². The summed E-state index contributed by atoms with van der Waals surface area (Å²) in [5.74, 6) is 0.307. The van der Waals surface area contributed by atoms with Crippen LogP contribution in [0.2, 0.25) is 0 Å². The van der Waals surface area contributed by atoms with Crippen molar-refractivity contribution in [2.75, 3.05) is 18.5 Å². The molecule has 6 nitrogen and oxygen atoms in total. The summed E-state index contributed by atoms with van der Waals surface area (Å²) < 4.78 is 36.7. The molecule has 0 spiro atoms. The molecule has 1 aliphatic rings. The van der Waals surface area contributed by atoms with Gasteiger partial charge in [-0.05, 0) is 23.8 Å². The van der Waals surface area contributed by atoms with E-state index in [0.29, 0.717) is 17.1 Å². The number of carbonyl (C=O) groups is 1. The lowest BCUT2D eigenvalue weighted by Gasteiger charge is -2.28. The molecule has 0 unspecified atom stereocenters. The molecule has 1 amide bonds. The number of rotatable bonds is 3. The Bertz CT molecular complexity index is 876. The van der Waals surface area contributed by atoms with Crippen LogP contribution in [0.15, 0.2) is 47.4 Å². The summed E-state index contributed by atoms with van der Waals surface area (Å²) in [6.07, 6.45) is 0.0315. The second-order valence-electron chi connectivity index (χ2n) is 4.99. The summed E-state index contributed by atoms with van der Waals surface area (Å²) >= 11 is 0. The van der Waals surface area contributed by atoms with Crippen LogP contribution in [0, 0.1) is 0 Å². The van der Waals surface area contributed by atoms with Gasteiger partial charge in [-0.15, -0.1) is 0 Å². The van der Waals surface area contributed by atoms with Gasteiger partial charge in [-0.1, -0.05) is 18.2 Å². The van der Waals surface area contributed by atoms with E-state index < -0.39 is 15.9 Å². The Balaban J connectivity index is 2.15. The van der Waals surface area contributed by atoms with Crippen LogP contribution in [0.4, 0.5) is 5.69 Å². The van der Waals surface area contributed by atoms with Crippen LogP contribution < -0.4 is 13.8 Å². The summed E-state index contributed by atoms with van der Waals surface area (Å²) in [4.78, 5) is 12.5. The third kappa shape index (κ3) is 2.43. The fraction of sp³-hybridized carbons (Fsp3) is 0.188. The van der Waals surface area contributed by atoms with E-state index in [1.165, 1.54) is 32.4 Å². The molecule has 0 aromatic heterocycles. The minimum absolute atomic E-state index is 0.0315. The molecule has 120 valence electrons. The quantitative estimate of drug-likeness (QED) is 0.859. The number of hydrogen-bond donors (Lipinski definition) is 0. The molecule has 7 heteroatoms. The number of anilines is 1. The number of nitrogens with zero attached hydrogens (tertiary/aromatic N) is 1. The topological polar surface area (TPSA) is 72.9 Å². The summed E-state index contributed by atoms with van der Waals surface area (Å²) in [6, 6.07) is 11.1. The Morgan fingerprint density at radius 3 is 2.39 bits per heavy atom. The highest BCUT2D eigenvalue weighted by Crippen LogP contribution is 2.36. The molecular weight excluding hydrogens is 318 g/mol. The molecule has 2 aromatic rings.